The van der Waals surface area contributed by atoms with Gasteiger partial charge < -0.3 is 15.5 Å². The molecule has 4 rings (SSSR count). The van der Waals surface area contributed by atoms with Crippen molar-refractivity contribution >= 4 is 11.8 Å². The summed E-state index contributed by atoms with van der Waals surface area (Å²) >= 11 is 0. The predicted molar refractivity (Wildman–Crippen MR) is 95.9 cm³/mol. The van der Waals surface area contributed by atoms with Crippen LogP contribution in [0.15, 0.2) is 30.3 Å². The van der Waals surface area contributed by atoms with Crippen molar-refractivity contribution in [3.05, 3.63) is 35.9 Å². The Hall–Kier alpha value is -1.88. The average Bonchev–Trinajstić information content (AvgIpc) is 3.29. The molecule has 2 amide bonds. The Labute approximate surface area is 149 Å². The molecule has 2 heterocycles. The molecule has 0 spiro atoms. The molecule has 1 saturated carbocycles. The van der Waals surface area contributed by atoms with Gasteiger partial charge in [-0.2, -0.15) is 0 Å². The summed E-state index contributed by atoms with van der Waals surface area (Å²) in [7, 11) is 0. The lowest BCUT2D eigenvalue weighted by Gasteiger charge is -2.26. The number of fused-ring (bicyclic) bond motifs is 1. The summed E-state index contributed by atoms with van der Waals surface area (Å²) in [5.41, 5.74) is 0.884. The van der Waals surface area contributed by atoms with Crippen molar-refractivity contribution in [3.8, 4) is 0 Å². The molecule has 5 heteroatoms. The zero-order valence-corrected chi connectivity index (χ0v) is 14.7. The van der Waals surface area contributed by atoms with Crippen LogP contribution in [0, 0.1) is 17.3 Å². The molecule has 0 bridgehead atoms. The SMILES string of the molecule is O=C(C1CC1)N1C[C@H]2CNC[C@@]2(C(=O)NCCCc2ccccc2)C1. The van der Waals surface area contributed by atoms with Crippen LogP contribution in [-0.4, -0.2) is 49.4 Å². The van der Waals surface area contributed by atoms with Gasteiger partial charge in [0.15, 0.2) is 0 Å². The molecule has 2 saturated heterocycles. The maximum absolute atomic E-state index is 12.9. The molecule has 0 unspecified atom stereocenters. The van der Waals surface area contributed by atoms with Gasteiger partial charge >= 0.3 is 0 Å². The van der Waals surface area contributed by atoms with Crippen molar-refractivity contribution in [3.63, 3.8) is 0 Å². The molecule has 2 N–H and O–H groups in total. The molecule has 3 fully saturated rings. The largest absolute Gasteiger partial charge is 0.355 e. The van der Waals surface area contributed by atoms with Crippen LogP contribution in [0.25, 0.3) is 0 Å². The van der Waals surface area contributed by atoms with E-state index in [1.54, 1.807) is 0 Å². The first-order valence-electron chi connectivity index (χ1n) is 9.51. The minimum atomic E-state index is -0.419. The summed E-state index contributed by atoms with van der Waals surface area (Å²) in [4.78, 5) is 27.3. The van der Waals surface area contributed by atoms with Gasteiger partial charge in [-0.1, -0.05) is 30.3 Å². The van der Waals surface area contributed by atoms with Crippen LogP contribution >= 0.6 is 0 Å². The van der Waals surface area contributed by atoms with Crippen LogP contribution in [0.1, 0.15) is 24.8 Å². The topological polar surface area (TPSA) is 61.4 Å². The van der Waals surface area contributed by atoms with Gasteiger partial charge in [-0.15, -0.1) is 0 Å². The number of carbonyl (C=O) groups excluding carboxylic acids is 2. The van der Waals surface area contributed by atoms with Gasteiger partial charge in [0.1, 0.15) is 0 Å². The first-order valence-corrected chi connectivity index (χ1v) is 9.51. The van der Waals surface area contributed by atoms with E-state index < -0.39 is 5.41 Å². The number of benzene rings is 1. The van der Waals surface area contributed by atoms with Gasteiger partial charge in [0.05, 0.1) is 5.41 Å². The first-order chi connectivity index (χ1) is 12.2. The van der Waals surface area contributed by atoms with Crippen LogP contribution in [0.2, 0.25) is 0 Å². The Balaban J connectivity index is 1.31. The predicted octanol–water partition coefficient (Wildman–Crippen LogP) is 1.19. The third-order valence-corrected chi connectivity index (χ3v) is 5.99. The molecule has 5 nitrogen and oxygen atoms in total. The summed E-state index contributed by atoms with van der Waals surface area (Å²) in [5.74, 6) is 0.884. The normalized spacial score (nSPS) is 28.0. The number of hydrogen-bond acceptors (Lipinski definition) is 3. The second-order valence-corrected chi connectivity index (χ2v) is 7.82. The molecular weight excluding hydrogens is 314 g/mol. The second-order valence-electron chi connectivity index (χ2n) is 7.82. The highest BCUT2D eigenvalue weighted by molar-refractivity contribution is 5.87. The third kappa shape index (κ3) is 3.30. The van der Waals surface area contributed by atoms with Crippen molar-refractivity contribution in [2.75, 3.05) is 32.7 Å². The summed E-state index contributed by atoms with van der Waals surface area (Å²) in [6.45, 7) is 3.55. The Bertz CT molecular complexity index is 644. The van der Waals surface area contributed by atoms with Crippen molar-refractivity contribution in [1.29, 1.82) is 0 Å². The van der Waals surface area contributed by atoms with E-state index in [2.05, 4.69) is 22.8 Å². The number of likely N-dealkylation sites (tertiary alicyclic amines) is 1. The van der Waals surface area contributed by atoms with E-state index in [-0.39, 0.29) is 23.7 Å². The average molecular weight is 341 g/mol. The van der Waals surface area contributed by atoms with Crippen LogP contribution in [-0.2, 0) is 16.0 Å². The van der Waals surface area contributed by atoms with Gasteiger partial charge in [-0.25, -0.2) is 0 Å². The van der Waals surface area contributed by atoms with E-state index in [1.165, 1.54) is 5.56 Å². The summed E-state index contributed by atoms with van der Waals surface area (Å²) in [5, 5.41) is 6.51. The summed E-state index contributed by atoms with van der Waals surface area (Å²) < 4.78 is 0. The molecule has 25 heavy (non-hydrogen) atoms. The van der Waals surface area contributed by atoms with Crippen molar-refractivity contribution in [1.82, 2.24) is 15.5 Å². The van der Waals surface area contributed by atoms with E-state index in [9.17, 15) is 9.59 Å². The van der Waals surface area contributed by atoms with Gasteiger partial charge in [0.2, 0.25) is 11.8 Å². The molecule has 3 aliphatic rings. The molecular formula is C20H27N3O2. The van der Waals surface area contributed by atoms with E-state index in [4.69, 9.17) is 0 Å². The lowest BCUT2D eigenvalue weighted by molar-refractivity contribution is -0.133. The van der Waals surface area contributed by atoms with Gasteiger partial charge in [0.25, 0.3) is 0 Å². The number of nitrogens with one attached hydrogen (secondary N) is 2. The zero-order chi connectivity index (χ0) is 17.3. The molecule has 1 aliphatic carbocycles. The summed E-state index contributed by atoms with van der Waals surface area (Å²) in [6, 6.07) is 10.4. The van der Waals surface area contributed by atoms with Gasteiger partial charge in [-0.3, -0.25) is 9.59 Å². The van der Waals surface area contributed by atoms with Crippen molar-refractivity contribution in [2.45, 2.75) is 25.7 Å². The molecule has 1 aromatic carbocycles. The molecule has 0 aromatic heterocycles. The van der Waals surface area contributed by atoms with Gasteiger partial charge in [-0.05, 0) is 31.2 Å². The number of nitrogens with zero attached hydrogens (tertiary/aromatic N) is 1. The van der Waals surface area contributed by atoms with E-state index in [0.717, 1.165) is 38.8 Å². The molecule has 2 atom stereocenters. The highest BCUT2D eigenvalue weighted by Crippen LogP contribution is 2.42. The lowest BCUT2D eigenvalue weighted by Crippen LogP contribution is -2.48. The zero-order valence-electron chi connectivity index (χ0n) is 14.7. The fourth-order valence-corrected chi connectivity index (χ4v) is 4.31. The van der Waals surface area contributed by atoms with Crippen LogP contribution in [0.4, 0.5) is 0 Å². The maximum atomic E-state index is 12.9. The fraction of sp³-hybridized carbons (Fsp3) is 0.600. The minimum absolute atomic E-state index is 0.127. The number of hydrogen-bond donors (Lipinski definition) is 2. The van der Waals surface area contributed by atoms with Crippen molar-refractivity contribution < 1.29 is 9.59 Å². The Kier molecular flexibility index (Phi) is 4.50. The standard InChI is InChI=1S/C20H27N3O2/c24-18(16-8-9-16)23-12-17-11-21-13-20(17,14-23)19(25)22-10-4-7-15-5-2-1-3-6-15/h1-3,5-6,16-17,21H,4,7-14H2,(H,22,25)/t17-,20-/m1/s1. The third-order valence-electron chi connectivity index (χ3n) is 5.99. The smallest absolute Gasteiger partial charge is 0.229 e. The second kappa shape index (κ2) is 6.79. The quantitative estimate of drug-likeness (QED) is 0.764. The van der Waals surface area contributed by atoms with Crippen LogP contribution in [0.3, 0.4) is 0 Å². The number of amides is 2. The van der Waals surface area contributed by atoms with Crippen molar-refractivity contribution in [2.24, 2.45) is 17.3 Å². The molecule has 0 radical (unpaired) electrons. The minimum Gasteiger partial charge on any atom is -0.355 e. The van der Waals surface area contributed by atoms with Crippen LogP contribution in [0.5, 0.6) is 0 Å². The number of carbonyl (C=O) groups is 2. The first kappa shape index (κ1) is 16.6. The van der Waals surface area contributed by atoms with E-state index >= 15 is 0 Å². The highest BCUT2D eigenvalue weighted by Gasteiger charge is 2.56. The van der Waals surface area contributed by atoms with E-state index in [0.29, 0.717) is 19.6 Å². The van der Waals surface area contributed by atoms with E-state index in [1.807, 2.05) is 23.1 Å². The monoisotopic (exact) mass is 341 g/mol. The van der Waals surface area contributed by atoms with Gasteiger partial charge in [0, 0.05) is 44.6 Å². The molecule has 1 aromatic rings. The number of aryl methyl sites for hydroxylation is 1. The highest BCUT2D eigenvalue weighted by atomic mass is 16.2. The fourth-order valence-electron chi connectivity index (χ4n) is 4.31. The Morgan fingerprint density at radius 3 is 2.80 bits per heavy atom. The molecule has 2 aliphatic heterocycles. The van der Waals surface area contributed by atoms with Crippen LogP contribution < -0.4 is 10.6 Å². The lowest BCUT2D eigenvalue weighted by atomic mass is 9.80. The summed E-state index contributed by atoms with van der Waals surface area (Å²) in [6.07, 6.45) is 3.96. The number of rotatable bonds is 6. The Morgan fingerprint density at radius 1 is 1.24 bits per heavy atom. The molecule has 134 valence electrons. The Morgan fingerprint density at radius 2 is 2.04 bits per heavy atom. The maximum Gasteiger partial charge on any atom is 0.229 e.